The molecule has 0 aliphatic carbocycles. The summed E-state index contributed by atoms with van der Waals surface area (Å²) in [5, 5.41) is 5.52. The predicted molar refractivity (Wildman–Crippen MR) is 81.9 cm³/mol. The molecule has 3 heteroatoms. The SMILES string of the molecule is CCNC(C)c1cc(C)ccc1OCc1cccs1. The van der Waals surface area contributed by atoms with Gasteiger partial charge in [-0.2, -0.15) is 0 Å². The van der Waals surface area contributed by atoms with Crippen molar-refractivity contribution in [2.45, 2.75) is 33.4 Å². The minimum absolute atomic E-state index is 0.309. The van der Waals surface area contributed by atoms with E-state index in [2.05, 4.69) is 61.8 Å². The van der Waals surface area contributed by atoms with Crippen molar-refractivity contribution in [3.8, 4) is 5.75 Å². The summed E-state index contributed by atoms with van der Waals surface area (Å²) in [5.41, 5.74) is 2.50. The number of thiophene rings is 1. The molecule has 0 bridgehead atoms. The fourth-order valence-electron chi connectivity index (χ4n) is 2.10. The van der Waals surface area contributed by atoms with Gasteiger partial charge in [-0.3, -0.25) is 0 Å². The molecule has 19 heavy (non-hydrogen) atoms. The van der Waals surface area contributed by atoms with Gasteiger partial charge in [-0.25, -0.2) is 0 Å². The summed E-state index contributed by atoms with van der Waals surface area (Å²) in [6, 6.07) is 10.9. The van der Waals surface area contributed by atoms with Crippen LogP contribution < -0.4 is 10.1 Å². The van der Waals surface area contributed by atoms with Gasteiger partial charge in [0.15, 0.2) is 0 Å². The number of rotatable bonds is 6. The van der Waals surface area contributed by atoms with Crippen molar-refractivity contribution < 1.29 is 4.74 Å². The van der Waals surface area contributed by atoms with Crippen LogP contribution in [0.25, 0.3) is 0 Å². The minimum Gasteiger partial charge on any atom is -0.488 e. The van der Waals surface area contributed by atoms with Crippen molar-refractivity contribution in [3.63, 3.8) is 0 Å². The number of hydrogen-bond acceptors (Lipinski definition) is 3. The lowest BCUT2D eigenvalue weighted by Crippen LogP contribution is -2.18. The lowest BCUT2D eigenvalue weighted by molar-refractivity contribution is 0.303. The molecule has 102 valence electrons. The van der Waals surface area contributed by atoms with Crippen LogP contribution in [0.4, 0.5) is 0 Å². The molecular formula is C16H21NOS. The molecule has 0 fully saturated rings. The average Bonchev–Trinajstić information content (AvgIpc) is 2.90. The largest absolute Gasteiger partial charge is 0.488 e. The molecule has 0 aliphatic rings. The van der Waals surface area contributed by atoms with Crippen LogP contribution in [0, 0.1) is 6.92 Å². The van der Waals surface area contributed by atoms with E-state index in [4.69, 9.17) is 4.74 Å². The molecule has 1 aromatic heterocycles. The monoisotopic (exact) mass is 275 g/mol. The average molecular weight is 275 g/mol. The first-order valence-electron chi connectivity index (χ1n) is 6.69. The smallest absolute Gasteiger partial charge is 0.124 e. The standard InChI is InChI=1S/C16H21NOS/c1-4-17-13(3)15-10-12(2)7-8-16(15)18-11-14-6-5-9-19-14/h5-10,13,17H,4,11H2,1-3H3. The number of hydrogen-bond donors (Lipinski definition) is 1. The van der Waals surface area contributed by atoms with Crippen LogP contribution in [-0.2, 0) is 6.61 Å². The Balaban J connectivity index is 2.14. The van der Waals surface area contributed by atoms with Crippen molar-refractivity contribution in [1.82, 2.24) is 5.32 Å². The third kappa shape index (κ3) is 3.82. The van der Waals surface area contributed by atoms with E-state index >= 15 is 0 Å². The van der Waals surface area contributed by atoms with Gasteiger partial charge in [0, 0.05) is 16.5 Å². The summed E-state index contributed by atoms with van der Waals surface area (Å²) in [6.45, 7) is 8.02. The normalized spacial score (nSPS) is 12.4. The highest BCUT2D eigenvalue weighted by molar-refractivity contribution is 7.09. The zero-order valence-corrected chi connectivity index (χ0v) is 12.6. The molecule has 1 N–H and O–H groups in total. The zero-order valence-electron chi connectivity index (χ0n) is 11.8. The number of aryl methyl sites for hydroxylation is 1. The molecule has 1 heterocycles. The van der Waals surface area contributed by atoms with Crippen LogP contribution in [0.2, 0.25) is 0 Å². The van der Waals surface area contributed by atoms with Gasteiger partial charge in [-0.1, -0.05) is 30.7 Å². The van der Waals surface area contributed by atoms with Gasteiger partial charge in [0.1, 0.15) is 12.4 Å². The first-order valence-corrected chi connectivity index (χ1v) is 7.57. The Morgan fingerprint density at radius 2 is 2.16 bits per heavy atom. The van der Waals surface area contributed by atoms with E-state index in [0.717, 1.165) is 12.3 Å². The summed E-state index contributed by atoms with van der Waals surface area (Å²) in [6.07, 6.45) is 0. The van der Waals surface area contributed by atoms with Crippen molar-refractivity contribution >= 4 is 11.3 Å². The van der Waals surface area contributed by atoms with E-state index in [1.807, 2.05) is 0 Å². The molecule has 0 spiro atoms. The summed E-state index contributed by atoms with van der Waals surface area (Å²) in [5.74, 6) is 0.979. The Bertz CT molecular complexity index is 507. The van der Waals surface area contributed by atoms with Gasteiger partial charge in [0.2, 0.25) is 0 Å². The van der Waals surface area contributed by atoms with Crippen molar-refractivity contribution in [2.75, 3.05) is 6.54 Å². The fraction of sp³-hybridized carbons (Fsp3) is 0.375. The quantitative estimate of drug-likeness (QED) is 0.848. The minimum atomic E-state index is 0.309. The van der Waals surface area contributed by atoms with Gasteiger partial charge in [0.25, 0.3) is 0 Å². The van der Waals surface area contributed by atoms with E-state index in [1.165, 1.54) is 16.0 Å². The highest BCUT2D eigenvalue weighted by Gasteiger charge is 2.11. The highest BCUT2D eigenvalue weighted by Crippen LogP contribution is 2.27. The third-order valence-corrected chi connectivity index (χ3v) is 3.94. The van der Waals surface area contributed by atoms with Crippen molar-refractivity contribution in [1.29, 1.82) is 0 Å². The number of nitrogens with one attached hydrogen (secondary N) is 1. The third-order valence-electron chi connectivity index (χ3n) is 3.09. The van der Waals surface area contributed by atoms with Gasteiger partial charge in [0.05, 0.1) is 0 Å². The zero-order chi connectivity index (χ0) is 13.7. The van der Waals surface area contributed by atoms with Crippen molar-refractivity contribution in [2.24, 2.45) is 0 Å². The Morgan fingerprint density at radius 1 is 1.32 bits per heavy atom. The highest BCUT2D eigenvalue weighted by atomic mass is 32.1. The summed E-state index contributed by atoms with van der Waals surface area (Å²) < 4.78 is 5.97. The Morgan fingerprint density at radius 3 is 2.84 bits per heavy atom. The second kappa shape index (κ2) is 6.73. The van der Waals surface area contributed by atoms with E-state index in [1.54, 1.807) is 11.3 Å². The van der Waals surface area contributed by atoms with Crippen LogP contribution in [0.1, 0.15) is 35.9 Å². The van der Waals surface area contributed by atoms with Crippen molar-refractivity contribution in [3.05, 3.63) is 51.7 Å². The topological polar surface area (TPSA) is 21.3 Å². The second-order valence-corrected chi connectivity index (χ2v) is 5.72. The lowest BCUT2D eigenvalue weighted by atomic mass is 10.0. The van der Waals surface area contributed by atoms with Crippen LogP contribution in [0.5, 0.6) is 5.75 Å². The molecule has 0 saturated heterocycles. The molecule has 2 nitrogen and oxygen atoms in total. The summed E-state index contributed by atoms with van der Waals surface area (Å²) in [7, 11) is 0. The molecule has 0 aliphatic heterocycles. The molecule has 2 aromatic rings. The maximum Gasteiger partial charge on any atom is 0.124 e. The first-order chi connectivity index (χ1) is 9.20. The van der Waals surface area contributed by atoms with Crippen LogP contribution in [-0.4, -0.2) is 6.54 Å². The lowest BCUT2D eigenvalue weighted by Gasteiger charge is -2.18. The Hall–Kier alpha value is -1.32. The molecule has 0 radical (unpaired) electrons. The van der Waals surface area contributed by atoms with Gasteiger partial charge < -0.3 is 10.1 Å². The van der Waals surface area contributed by atoms with Gasteiger partial charge in [-0.05, 0) is 37.9 Å². The van der Waals surface area contributed by atoms with Crippen LogP contribution in [0.15, 0.2) is 35.7 Å². The molecule has 1 atom stereocenters. The second-order valence-electron chi connectivity index (χ2n) is 4.69. The first kappa shape index (κ1) is 14.1. The van der Waals surface area contributed by atoms with Crippen LogP contribution in [0.3, 0.4) is 0 Å². The molecule has 0 saturated carbocycles. The molecule has 2 rings (SSSR count). The fourth-order valence-corrected chi connectivity index (χ4v) is 2.71. The van der Waals surface area contributed by atoms with Gasteiger partial charge >= 0.3 is 0 Å². The number of ether oxygens (including phenoxy) is 1. The van der Waals surface area contributed by atoms with E-state index < -0.39 is 0 Å². The number of benzene rings is 1. The molecule has 1 unspecified atom stereocenters. The summed E-state index contributed by atoms with van der Waals surface area (Å²) in [4.78, 5) is 1.25. The van der Waals surface area contributed by atoms with E-state index in [9.17, 15) is 0 Å². The maximum absolute atomic E-state index is 5.97. The van der Waals surface area contributed by atoms with E-state index in [0.29, 0.717) is 12.6 Å². The van der Waals surface area contributed by atoms with Crippen LogP contribution >= 0.6 is 11.3 Å². The molecule has 1 aromatic carbocycles. The van der Waals surface area contributed by atoms with Gasteiger partial charge in [-0.15, -0.1) is 11.3 Å². The molecular weight excluding hydrogens is 254 g/mol. The summed E-state index contributed by atoms with van der Waals surface area (Å²) >= 11 is 1.73. The Kier molecular flexibility index (Phi) is 5.00. The molecule has 0 amide bonds. The Labute approximate surface area is 119 Å². The maximum atomic E-state index is 5.97. The predicted octanol–water partition coefficient (Wildman–Crippen LogP) is 4.31. The van der Waals surface area contributed by atoms with E-state index in [-0.39, 0.29) is 0 Å².